The molecule has 6 nitrogen and oxygen atoms in total. The molecule has 118 valence electrons. The number of nitrogens with one attached hydrogen (secondary N) is 1. The van der Waals surface area contributed by atoms with E-state index in [0.29, 0.717) is 26.0 Å². The molecule has 1 atom stereocenters. The third kappa shape index (κ3) is 3.92. The molecule has 1 aliphatic rings. The Hall–Kier alpha value is -2.21. The topological polar surface area (TPSA) is 75.7 Å². The lowest BCUT2D eigenvalue weighted by Crippen LogP contribution is -2.48. The number of carbonyl (C=O) groups excluding carboxylic acids is 3. The lowest BCUT2D eigenvalue weighted by atomic mass is 10.1. The third-order valence-corrected chi connectivity index (χ3v) is 3.58. The van der Waals surface area contributed by atoms with E-state index in [1.54, 1.807) is 19.1 Å². The standard InChI is InChI=1S/C16H20N2O4/c1-2-22-17-15(20)13-9-6-10-18(13)16(21)14(19)11-12-7-4-3-5-8-12/h3-5,7-8,13H,2,6,9-11H2,1H3,(H,17,20). The van der Waals surface area contributed by atoms with Crippen LogP contribution in [-0.4, -0.2) is 41.7 Å². The number of carbonyl (C=O) groups is 3. The quantitative estimate of drug-likeness (QED) is 0.624. The van der Waals surface area contributed by atoms with Gasteiger partial charge >= 0.3 is 0 Å². The Labute approximate surface area is 129 Å². The molecule has 1 fully saturated rings. The molecule has 1 saturated heterocycles. The fourth-order valence-electron chi connectivity index (χ4n) is 2.51. The van der Waals surface area contributed by atoms with Crippen molar-refractivity contribution in [3.05, 3.63) is 35.9 Å². The SMILES string of the molecule is CCONC(=O)C1CCCN1C(=O)C(=O)Cc1ccccc1. The molecule has 0 aliphatic carbocycles. The molecule has 22 heavy (non-hydrogen) atoms. The van der Waals surface area contributed by atoms with Crippen LogP contribution in [-0.2, 0) is 25.6 Å². The van der Waals surface area contributed by atoms with Crippen LogP contribution < -0.4 is 5.48 Å². The molecule has 0 saturated carbocycles. The summed E-state index contributed by atoms with van der Waals surface area (Å²) in [6.07, 6.45) is 1.30. The van der Waals surface area contributed by atoms with Crippen molar-refractivity contribution in [3.63, 3.8) is 0 Å². The second-order valence-corrected chi connectivity index (χ2v) is 5.14. The first-order valence-corrected chi connectivity index (χ1v) is 7.43. The van der Waals surface area contributed by atoms with Crippen LogP contribution in [0.25, 0.3) is 0 Å². The van der Waals surface area contributed by atoms with E-state index < -0.39 is 17.7 Å². The van der Waals surface area contributed by atoms with E-state index in [1.165, 1.54) is 4.90 Å². The normalized spacial score (nSPS) is 17.3. The Morgan fingerprint density at radius 1 is 1.27 bits per heavy atom. The smallest absolute Gasteiger partial charge is 0.290 e. The summed E-state index contributed by atoms with van der Waals surface area (Å²) in [7, 11) is 0. The maximum absolute atomic E-state index is 12.3. The molecule has 0 bridgehead atoms. The monoisotopic (exact) mass is 304 g/mol. The molecule has 2 amide bonds. The number of hydroxylamine groups is 1. The minimum atomic E-state index is -0.626. The van der Waals surface area contributed by atoms with E-state index in [1.807, 2.05) is 18.2 Å². The van der Waals surface area contributed by atoms with Crippen molar-refractivity contribution < 1.29 is 19.2 Å². The molecule has 1 aromatic carbocycles. The molecule has 0 aromatic heterocycles. The number of rotatable bonds is 6. The van der Waals surface area contributed by atoms with Crippen LogP contribution in [0.4, 0.5) is 0 Å². The number of amides is 2. The van der Waals surface area contributed by atoms with Crippen molar-refractivity contribution in [3.8, 4) is 0 Å². The van der Waals surface area contributed by atoms with Gasteiger partial charge in [0, 0.05) is 13.0 Å². The summed E-state index contributed by atoms with van der Waals surface area (Å²) in [6, 6.07) is 8.47. The van der Waals surface area contributed by atoms with Crippen molar-refractivity contribution in [2.24, 2.45) is 0 Å². The molecule has 0 radical (unpaired) electrons. The summed E-state index contributed by atoms with van der Waals surface area (Å²) in [5.41, 5.74) is 3.09. The first kappa shape index (κ1) is 16.2. The maximum Gasteiger partial charge on any atom is 0.290 e. The van der Waals surface area contributed by atoms with Crippen LogP contribution in [0.5, 0.6) is 0 Å². The first-order valence-electron chi connectivity index (χ1n) is 7.43. The van der Waals surface area contributed by atoms with Crippen LogP contribution in [0, 0.1) is 0 Å². The number of ketones is 1. The van der Waals surface area contributed by atoms with Crippen molar-refractivity contribution in [1.29, 1.82) is 0 Å². The van der Waals surface area contributed by atoms with Gasteiger partial charge in [-0.25, -0.2) is 5.48 Å². The molecule has 1 heterocycles. The second-order valence-electron chi connectivity index (χ2n) is 5.14. The highest BCUT2D eigenvalue weighted by Gasteiger charge is 2.36. The summed E-state index contributed by atoms with van der Waals surface area (Å²) in [5, 5.41) is 0. The average Bonchev–Trinajstić information content (AvgIpc) is 3.02. The van der Waals surface area contributed by atoms with Crippen LogP contribution in [0.3, 0.4) is 0 Å². The highest BCUT2D eigenvalue weighted by atomic mass is 16.6. The molecule has 1 unspecified atom stereocenters. The van der Waals surface area contributed by atoms with Gasteiger partial charge in [0.25, 0.3) is 11.8 Å². The van der Waals surface area contributed by atoms with E-state index in [0.717, 1.165) is 5.56 Å². The summed E-state index contributed by atoms with van der Waals surface area (Å²) in [4.78, 5) is 42.6. The Balaban J connectivity index is 1.98. The van der Waals surface area contributed by atoms with E-state index in [2.05, 4.69) is 5.48 Å². The molecule has 1 N–H and O–H groups in total. The van der Waals surface area contributed by atoms with Gasteiger partial charge in [0.15, 0.2) is 0 Å². The lowest BCUT2D eigenvalue weighted by Gasteiger charge is -2.22. The molecular formula is C16H20N2O4. The highest BCUT2D eigenvalue weighted by molar-refractivity contribution is 6.37. The van der Waals surface area contributed by atoms with Gasteiger partial charge in [-0.15, -0.1) is 0 Å². The minimum Gasteiger partial charge on any atom is -0.324 e. The van der Waals surface area contributed by atoms with Crippen molar-refractivity contribution in [1.82, 2.24) is 10.4 Å². The predicted octanol–water partition coefficient (Wildman–Crippen LogP) is 0.857. The largest absolute Gasteiger partial charge is 0.324 e. The van der Waals surface area contributed by atoms with Gasteiger partial charge in [0.2, 0.25) is 5.78 Å². The second kappa shape index (κ2) is 7.70. The van der Waals surface area contributed by atoms with Crippen molar-refractivity contribution in [2.75, 3.05) is 13.2 Å². The van der Waals surface area contributed by atoms with Gasteiger partial charge in [-0.3, -0.25) is 19.2 Å². The predicted molar refractivity (Wildman–Crippen MR) is 79.7 cm³/mol. The van der Waals surface area contributed by atoms with Crippen LogP contribution >= 0.6 is 0 Å². The summed E-state index contributed by atoms with van der Waals surface area (Å²) >= 11 is 0. The van der Waals surface area contributed by atoms with Crippen molar-refractivity contribution >= 4 is 17.6 Å². The summed E-state index contributed by atoms with van der Waals surface area (Å²) in [6.45, 7) is 2.52. The lowest BCUT2D eigenvalue weighted by molar-refractivity contribution is -0.149. The summed E-state index contributed by atoms with van der Waals surface area (Å²) in [5.74, 6) is -1.47. The Kier molecular flexibility index (Phi) is 5.66. The number of hydrogen-bond acceptors (Lipinski definition) is 4. The first-order chi connectivity index (χ1) is 10.6. The Morgan fingerprint density at radius 3 is 2.68 bits per heavy atom. The number of hydrogen-bond donors (Lipinski definition) is 1. The van der Waals surface area contributed by atoms with Crippen LogP contribution in [0.1, 0.15) is 25.3 Å². The average molecular weight is 304 g/mol. The molecule has 0 spiro atoms. The molecule has 1 aliphatic heterocycles. The Morgan fingerprint density at radius 2 is 2.00 bits per heavy atom. The molecule has 1 aromatic rings. The van der Waals surface area contributed by atoms with Gasteiger partial charge in [-0.1, -0.05) is 30.3 Å². The highest BCUT2D eigenvalue weighted by Crippen LogP contribution is 2.18. The molecular weight excluding hydrogens is 284 g/mol. The maximum atomic E-state index is 12.3. The summed E-state index contributed by atoms with van der Waals surface area (Å²) < 4.78 is 0. The number of nitrogens with zero attached hydrogens (tertiary/aromatic N) is 1. The van der Waals surface area contributed by atoms with Gasteiger partial charge in [-0.2, -0.15) is 0 Å². The van der Waals surface area contributed by atoms with E-state index in [4.69, 9.17) is 4.84 Å². The van der Waals surface area contributed by atoms with Crippen LogP contribution in [0.15, 0.2) is 30.3 Å². The zero-order chi connectivity index (χ0) is 15.9. The van der Waals surface area contributed by atoms with Gasteiger partial charge < -0.3 is 4.90 Å². The Bertz CT molecular complexity index is 544. The van der Waals surface area contributed by atoms with Gasteiger partial charge in [0.1, 0.15) is 6.04 Å². The number of Topliss-reactive ketones (excluding diaryl/α,β-unsaturated/α-hetero) is 1. The van der Waals surface area contributed by atoms with E-state index >= 15 is 0 Å². The number of benzene rings is 1. The zero-order valence-electron chi connectivity index (χ0n) is 12.6. The minimum absolute atomic E-state index is 0.0516. The number of likely N-dealkylation sites (tertiary alicyclic amines) is 1. The van der Waals surface area contributed by atoms with E-state index in [-0.39, 0.29) is 12.3 Å². The van der Waals surface area contributed by atoms with Gasteiger partial charge in [-0.05, 0) is 25.3 Å². The van der Waals surface area contributed by atoms with Crippen LogP contribution in [0.2, 0.25) is 0 Å². The molecule has 2 rings (SSSR count). The molecule has 6 heteroatoms. The zero-order valence-corrected chi connectivity index (χ0v) is 12.6. The fraction of sp³-hybridized carbons (Fsp3) is 0.438. The third-order valence-electron chi connectivity index (χ3n) is 3.58. The van der Waals surface area contributed by atoms with E-state index in [9.17, 15) is 14.4 Å². The fourth-order valence-corrected chi connectivity index (χ4v) is 2.51. The van der Waals surface area contributed by atoms with Gasteiger partial charge in [0.05, 0.1) is 6.61 Å². The van der Waals surface area contributed by atoms with Crippen molar-refractivity contribution in [2.45, 2.75) is 32.2 Å².